The smallest absolute Gasteiger partial charge is 0.186 e. The van der Waals surface area contributed by atoms with Crippen molar-refractivity contribution in [2.75, 3.05) is 11.4 Å². The molecule has 0 aliphatic carbocycles. The minimum absolute atomic E-state index is 0.00670. The average molecular weight is 275 g/mol. The Labute approximate surface area is 117 Å². The van der Waals surface area contributed by atoms with Crippen LogP contribution in [-0.2, 0) is 6.54 Å². The third kappa shape index (κ3) is 3.38. The molecule has 0 saturated heterocycles. The van der Waals surface area contributed by atoms with Gasteiger partial charge in [-0.05, 0) is 26.0 Å². The Bertz CT molecular complexity index is 580. The number of nitrogens with zero attached hydrogens (tertiary/aromatic N) is 3. The number of pyridine rings is 1. The number of thiazole rings is 1. The zero-order chi connectivity index (χ0) is 13.8. The van der Waals surface area contributed by atoms with Gasteiger partial charge >= 0.3 is 0 Å². The summed E-state index contributed by atoms with van der Waals surface area (Å²) in [4.78, 5) is 22.3. The van der Waals surface area contributed by atoms with E-state index in [1.54, 1.807) is 0 Å². The third-order valence-electron chi connectivity index (χ3n) is 2.80. The average Bonchev–Trinajstić information content (AvgIpc) is 2.85. The summed E-state index contributed by atoms with van der Waals surface area (Å²) in [6.45, 7) is 7.14. The van der Waals surface area contributed by atoms with Crippen molar-refractivity contribution in [2.45, 2.75) is 27.3 Å². The van der Waals surface area contributed by atoms with Crippen molar-refractivity contribution >= 4 is 22.3 Å². The lowest BCUT2D eigenvalue weighted by molar-refractivity contribution is 0.101. The van der Waals surface area contributed by atoms with Crippen LogP contribution in [0.3, 0.4) is 0 Å². The lowest BCUT2D eigenvalue weighted by Gasteiger charge is -2.19. The minimum atomic E-state index is 0.00670. The van der Waals surface area contributed by atoms with Crippen molar-refractivity contribution in [1.29, 1.82) is 0 Å². The Balaban J connectivity index is 2.17. The standard InChI is InChI=1S/C14H17N3OS/c1-4-17(8-12-7-5-6-10(2)15-12)14-16-13(9-19-14)11(3)18/h5-7,9H,4,8H2,1-3H3. The Morgan fingerprint density at radius 1 is 1.37 bits per heavy atom. The Kier molecular flexibility index (Phi) is 4.27. The molecule has 0 amide bonds. The maximum absolute atomic E-state index is 11.3. The van der Waals surface area contributed by atoms with E-state index in [2.05, 4.69) is 21.8 Å². The fourth-order valence-electron chi connectivity index (χ4n) is 1.77. The summed E-state index contributed by atoms with van der Waals surface area (Å²) < 4.78 is 0. The molecule has 0 aliphatic heterocycles. The minimum Gasteiger partial charge on any atom is -0.342 e. The van der Waals surface area contributed by atoms with E-state index in [1.807, 2.05) is 30.5 Å². The van der Waals surface area contributed by atoms with Crippen LogP contribution in [0.1, 0.15) is 35.7 Å². The van der Waals surface area contributed by atoms with Gasteiger partial charge in [-0.3, -0.25) is 9.78 Å². The van der Waals surface area contributed by atoms with Gasteiger partial charge in [-0.2, -0.15) is 0 Å². The molecule has 100 valence electrons. The summed E-state index contributed by atoms with van der Waals surface area (Å²) in [5.74, 6) is 0.00670. The summed E-state index contributed by atoms with van der Waals surface area (Å²) in [6, 6.07) is 6.00. The number of anilines is 1. The van der Waals surface area contributed by atoms with Crippen LogP contribution in [0.2, 0.25) is 0 Å². The second-order valence-corrected chi connectivity index (χ2v) is 5.19. The van der Waals surface area contributed by atoms with Crippen LogP contribution < -0.4 is 4.90 Å². The molecule has 0 atom stereocenters. The molecule has 19 heavy (non-hydrogen) atoms. The number of ketones is 1. The van der Waals surface area contributed by atoms with Crippen molar-refractivity contribution in [3.63, 3.8) is 0 Å². The molecule has 0 fully saturated rings. The van der Waals surface area contributed by atoms with E-state index < -0.39 is 0 Å². The number of Topliss-reactive ketones (excluding diaryl/α,β-unsaturated/α-hetero) is 1. The van der Waals surface area contributed by atoms with Gasteiger partial charge in [0.05, 0.1) is 12.2 Å². The van der Waals surface area contributed by atoms with Crippen molar-refractivity contribution in [3.05, 3.63) is 40.7 Å². The molecule has 0 aliphatic rings. The molecule has 2 heterocycles. The zero-order valence-corrected chi connectivity index (χ0v) is 12.2. The van der Waals surface area contributed by atoms with Crippen molar-refractivity contribution in [2.24, 2.45) is 0 Å². The maximum atomic E-state index is 11.3. The highest BCUT2D eigenvalue weighted by atomic mass is 32.1. The van der Waals surface area contributed by atoms with E-state index in [0.29, 0.717) is 12.2 Å². The highest BCUT2D eigenvalue weighted by molar-refractivity contribution is 7.13. The quantitative estimate of drug-likeness (QED) is 0.787. The van der Waals surface area contributed by atoms with Crippen molar-refractivity contribution < 1.29 is 4.79 Å². The van der Waals surface area contributed by atoms with Crippen LogP contribution in [0, 0.1) is 6.92 Å². The lowest BCUT2D eigenvalue weighted by Crippen LogP contribution is -2.22. The zero-order valence-electron chi connectivity index (χ0n) is 11.4. The molecular weight excluding hydrogens is 258 g/mol. The van der Waals surface area contributed by atoms with Gasteiger partial charge in [0.2, 0.25) is 0 Å². The molecule has 0 N–H and O–H groups in total. The van der Waals surface area contributed by atoms with Gasteiger partial charge < -0.3 is 4.90 Å². The monoisotopic (exact) mass is 275 g/mol. The van der Waals surface area contributed by atoms with E-state index in [4.69, 9.17) is 0 Å². The number of hydrogen-bond acceptors (Lipinski definition) is 5. The number of aryl methyl sites for hydroxylation is 1. The predicted octanol–water partition coefficient (Wildman–Crippen LogP) is 3.08. The van der Waals surface area contributed by atoms with Crippen LogP contribution in [0.5, 0.6) is 0 Å². The number of hydrogen-bond donors (Lipinski definition) is 0. The lowest BCUT2D eigenvalue weighted by atomic mass is 10.3. The first-order chi connectivity index (χ1) is 9.10. The molecule has 0 saturated carbocycles. The number of carbonyl (C=O) groups is 1. The molecule has 5 heteroatoms. The molecule has 2 rings (SSSR count). The fourth-order valence-corrected chi connectivity index (χ4v) is 2.70. The van der Waals surface area contributed by atoms with Crippen LogP contribution >= 0.6 is 11.3 Å². The van der Waals surface area contributed by atoms with E-state index in [1.165, 1.54) is 18.3 Å². The normalized spacial score (nSPS) is 10.5. The molecule has 0 radical (unpaired) electrons. The van der Waals surface area contributed by atoms with Crippen LogP contribution in [0.4, 0.5) is 5.13 Å². The predicted molar refractivity (Wildman–Crippen MR) is 77.8 cm³/mol. The first-order valence-corrected chi connectivity index (χ1v) is 7.12. The van der Waals surface area contributed by atoms with Gasteiger partial charge in [-0.1, -0.05) is 6.07 Å². The summed E-state index contributed by atoms with van der Waals surface area (Å²) >= 11 is 1.50. The largest absolute Gasteiger partial charge is 0.342 e. The highest BCUT2D eigenvalue weighted by Gasteiger charge is 2.12. The van der Waals surface area contributed by atoms with Crippen LogP contribution in [0.25, 0.3) is 0 Å². The first-order valence-electron chi connectivity index (χ1n) is 6.24. The van der Waals surface area contributed by atoms with E-state index in [-0.39, 0.29) is 5.78 Å². The second-order valence-electron chi connectivity index (χ2n) is 4.36. The Morgan fingerprint density at radius 3 is 2.74 bits per heavy atom. The SMILES string of the molecule is CCN(Cc1cccc(C)n1)c1nc(C(C)=O)cs1. The molecule has 0 spiro atoms. The molecule has 2 aromatic rings. The summed E-state index contributed by atoms with van der Waals surface area (Å²) in [6.07, 6.45) is 0. The van der Waals surface area contributed by atoms with Gasteiger partial charge in [0.15, 0.2) is 10.9 Å². The highest BCUT2D eigenvalue weighted by Crippen LogP contribution is 2.22. The fraction of sp³-hybridized carbons (Fsp3) is 0.357. The number of rotatable bonds is 5. The summed E-state index contributed by atoms with van der Waals surface area (Å²) in [5.41, 5.74) is 2.56. The van der Waals surface area contributed by atoms with Crippen LogP contribution in [0.15, 0.2) is 23.6 Å². The molecule has 0 aromatic carbocycles. The van der Waals surface area contributed by atoms with E-state index >= 15 is 0 Å². The number of aromatic nitrogens is 2. The van der Waals surface area contributed by atoms with E-state index in [0.717, 1.165) is 23.1 Å². The van der Waals surface area contributed by atoms with E-state index in [9.17, 15) is 4.79 Å². The molecule has 0 bridgehead atoms. The Hall–Kier alpha value is -1.75. The van der Waals surface area contributed by atoms with Gasteiger partial charge in [0.25, 0.3) is 0 Å². The summed E-state index contributed by atoms with van der Waals surface area (Å²) in [5, 5.41) is 2.68. The molecule has 0 unspecified atom stereocenters. The first kappa shape index (κ1) is 13.7. The van der Waals surface area contributed by atoms with Crippen molar-refractivity contribution in [1.82, 2.24) is 9.97 Å². The van der Waals surface area contributed by atoms with Gasteiger partial charge in [0, 0.05) is 24.5 Å². The van der Waals surface area contributed by atoms with Crippen LogP contribution in [-0.4, -0.2) is 22.3 Å². The maximum Gasteiger partial charge on any atom is 0.186 e. The second kappa shape index (κ2) is 5.93. The molecule has 2 aromatic heterocycles. The Morgan fingerprint density at radius 2 is 2.16 bits per heavy atom. The van der Waals surface area contributed by atoms with Gasteiger partial charge in [0.1, 0.15) is 5.69 Å². The number of carbonyl (C=O) groups excluding carboxylic acids is 1. The molecule has 4 nitrogen and oxygen atoms in total. The molecular formula is C14H17N3OS. The van der Waals surface area contributed by atoms with Gasteiger partial charge in [-0.15, -0.1) is 11.3 Å². The van der Waals surface area contributed by atoms with Crippen molar-refractivity contribution in [3.8, 4) is 0 Å². The topological polar surface area (TPSA) is 46.1 Å². The van der Waals surface area contributed by atoms with Gasteiger partial charge in [-0.25, -0.2) is 4.98 Å². The third-order valence-corrected chi connectivity index (χ3v) is 3.71. The summed E-state index contributed by atoms with van der Waals surface area (Å²) in [7, 11) is 0.